The molecule has 0 amide bonds. The quantitative estimate of drug-likeness (QED) is 0.470. The third-order valence-corrected chi connectivity index (χ3v) is 4.01. The Kier molecular flexibility index (Phi) is 3.75. The van der Waals surface area contributed by atoms with Gasteiger partial charge in [-0.1, -0.05) is 6.07 Å². The first-order chi connectivity index (χ1) is 8.80. The monoisotopic (exact) mass is 335 g/mol. The van der Waals surface area contributed by atoms with Crippen LogP contribution in [-0.4, -0.2) is 15.4 Å². The molecular weight excluding hydrogens is 324 g/mol. The Morgan fingerprint density at radius 2 is 1.89 bits per heavy atom. The average molecular weight is 336 g/mol. The molecule has 2 rings (SSSR count). The molecule has 19 heavy (non-hydrogen) atoms. The number of nitro benzene ring substituents is 1. The fourth-order valence-corrected chi connectivity index (χ4v) is 2.55. The first-order valence-corrected chi connectivity index (χ1v) is 6.59. The van der Waals surface area contributed by atoms with Crippen molar-refractivity contribution in [3.8, 4) is 5.75 Å². The summed E-state index contributed by atoms with van der Waals surface area (Å²) < 4.78 is 30.9. The number of ether oxygens (including phenoxy) is 1. The van der Waals surface area contributed by atoms with Crippen LogP contribution in [0.5, 0.6) is 5.75 Å². The largest absolute Gasteiger partial charge is 0.476 e. The zero-order valence-corrected chi connectivity index (χ0v) is 11.5. The van der Waals surface area contributed by atoms with Gasteiger partial charge in [0.1, 0.15) is 5.75 Å². The Hall–Kier alpha value is -1.24. The van der Waals surface area contributed by atoms with Gasteiger partial charge in [0.25, 0.3) is 5.69 Å². The van der Waals surface area contributed by atoms with Gasteiger partial charge < -0.3 is 4.74 Å². The van der Waals surface area contributed by atoms with Crippen LogP contribution in [0.1, 0.15) is 25.7 Å². The Morgan fingerprint density at radius 1 is 1.26 bits per heavy atom. The third-order valence-electron chi connectivity index (χ3n) is 3.06. The first kappa shape index (κ1) is 14.2. The van der Waals surface area contributed by atoms with Gasteiger partial charge in [0, 0.05) is 31.7 Å². The van der Waals surface area contributed by atoms with E-state index >= 15 is 0 Å². The van der Waals surface area contributed by atoms with E-state index in [1.54, 1.807) is 6.07 Å². The van der Waals surface area contributed by atoms with Crippen molar-refractivity contribution in [1.29, 1.82) is 0 Å². The lowest BCUT2D eigenvalue weighted by molar-refractivity contribution is -0.385. The molecule has 1 saturated carbocycles. The van der Waals surface area contributed by atoms with Crippen molar-refractivity contribution in [2.24, 2.45) is 0 Å². The summed E-state index contributed by atoms with van der Waals surface area (Å²) in [6.45, 7) is 0. The van der Waals surface area contributed by atoms with E-state index in [0.29, 0.717) is 5.75 Å². The smallest absolute Gasteiger partial charge is 0.273 e. The number of hydrogen-bond acceptors (Lipinski definition) is 3. The molecule has 1 aliphatic carbocycles. The number of rotatable bonds is 3. The molecule has 1 fully saturated rings. The van der Waals surface area contributed by atoms with Crippen LogP contribution in [-0.2, 0) is 0 Å². The molecule has 0 aliphatic heterocycles. The Balaban J connectivity index is 2.09. The summed E-state index contributed by atoms with van der Waals surface area (Å²) in [7, 11) is 0. The van der Waals surface area contributed by atoms with E-state index in [1.807, 2.05) is 0 Å². The predicted molar refractivity (Wildman–Crippen MR) is 68.8 cm³/mol. The molecule has 0 bridgehead atoms. The van der Waals surface area contributed by atoms with E-state index in [9.17, 15) is 18.9 Å². The van der Waals surface area contributed by atoms with E-state index in [1.165, 1.54) is 18.2 Å². The van der Waals surface area contributed by atoms with Gasteiger partial charge in [0.2, 0.25) is 5.92 Å². The van der Waals surface area contributed by atoms with Crippen molar-refractivity contribution in [3.63, 3.8) is 0 Å². The van der Waals surface area contributed by atoms with Gasteiger partial charge in [0.15, 0.2) is 4.51 Å². The molecular formula is C12H12BrF2NO3. The second kappa shape index (κ2) is 5.03. The highest BCUT2D eigenvalue weighted by Crippen LogP contribution is 2.44. The van der Waals surface area contributed by atoms with Gasteiger partial charge in [-0.3, -0.25) is 10.1 Å². The number of halogens is 3. The topological polar surface area (TPSA) is 52.4 Å². The Labute approximate surface area is 117 Å². The van der Waals surface area contributed by atoms with Gasteiger partial charge >= 0.3 is 0 Å². The van der Waals surface area contributed by atoms with Crippen LogP contribution in [0.3, 0.4) is 0 Å². The maximum Gasteiger partial charge on any atom is 0.273 e. The molecule has 104 valence electrons. The lowest BCUT2D eigenvalue weighted by Gasteiger charge is -2.35. The van der Waals surface area contributed by atoms with E-state index in [4.69, 9.17) is 4.74 Å². The van der Waals surface area contributed by atoms with E-state index in [0.717, 1.165) is 0 Å². The van der Waals surface area contributed by atoms with Gasteiger partial charge in [-0.15, -0.1) is 0 Å². The summed E-state index contributed by atoms with van der Waals surface area (Å²) in [6.07, 6.45) is -0.203. The summed E-state index contributed by atoms with van der Waals surface area (Å²) in [5, 5.41) is 10.6. The molecule has 0 N–H and O–H groups in total. The highest BCUT2D eigenvalue weighted by Gasteiger charge is 2.43. The summed E-state index contributed by atoms with van der Waals surface area (Å²) >= 11 is 3.32. The van der Waals surface area contributed by atoms with Crippen LogP contribution >= 0.6 is 15.9 Å². The number of non-ortho nitro benzene ring substituents is 1. The summed E-state index contributed by atoms with van der Waals surface area (Å²) in [5.41, 5.74) is -0.0882. The maximum absolute atomic E-state index is 13.1. The second-order valence-corrected chi connectivity index (χ2v) is 6.04. The predicted octanol–water partition coefficient (Wildman–Crippen LogP) is 4.27. The summed E-state index contributed by atoms with van der Waals surface area (Å²) in [5.74, 6) is -2.35. The van der Waals surface area contributed by atoms with Crippen molar-refractivity contribution in [3.05, 3.63) is 34.4 Å². The van der Waals surface area contributed by atoms with Gasteiger partial charge in [-0.25, -0.2) is 8.78 Å². The van der Waals surface area contributed by atoms with Crippen molar-refractivity contribution < 1.29 is 18.4 Å². The number of hydrogen-bond donors (Lipinski definition) is 0. The molecule has 4 nitrogen and oxygen atoms in total. The molecule has 0 atom stereocenters. The molecule has 1 aromatic rings. The molecule has 0 unspecified atom stereocenters. The summed E-state index contributed by atoms with van der Waals surface area (Å²) in [4.78, 5) is 10.1. The second-order valence-electron chi connectivity index (χ2n) is 4.60. The number of nitro groups is 1. The lowest BCUT2D eigenvalue weighted by atomic mass is 9.94. The SMILES string of the molecule is O=[N+]([O-])c1cccc(OC2(Br)CCC(F)(F)CC2)c1. The zero-order valence-electron chi connectivity index (χ0n) is 9.94. The van der Waals surface area contributed by atoms with E-state index < -0.39 is 15.4 Å². The number of nitrogens with zero attached hydrogens (tertiary/aromatic N) is 1. The highest BCUT2D eigenvalue weighted by atomic mass is 79.9. The third kappa shape index (κ3) is 3.62. The fraction of sp³-hybridized carbons (Fsp3) is 0.500. The molecule has 0 aromatic heterocycles. The van der Waals surface area contributed by atoms with Crippen molar-refractivity contribution in [1.82, 2.24) is 0 Å². The minimum absolute atomic E-state index is 0.0882. The average Bonchev–Trinajstić information content (AvgIpc) is 2.34. The van der Waals surface area contributed by atoms with Crippen LogP contribution in [0.25, 0.3) is 0 Å². The standard InChI is InChI=1S/C12H12BrF2NO3/c13-11(4-6-12(14,15)7-5-11)19-10-3-1-2-9(8-10)16(17)18/h1-3,8H,4-7H2. The Morgan fingerprint density at radius 3 is 2.47 bits per heavy atom. The van der Waals surface area contributed by atoms with Gasteiger partial charge in [-0.05, 0) is 22.0 Å². The van der Waals surface area contributed by atoms with Crippen LogP contribution in [0.4, 0.5) is 14.5 Å². The minimum atomic E-state index is -2.65. The van der Waals surface area contributed by atoms with Gasteiger partial charge in [-0.2, -0.15) is 0 Å². The lowest BCUT2D eigenvalue weighted by Crippen LogP contribution is -2.38. The number of benzene rings is 1. The molecule has 1 aliphatic rings. The van der Waals surface area contributed by atoms with Crippen LogP contribution in [0.2, 0.25) is 0 Å². The normalized spacial score (nSPS) is 20.8. The fourth-order valence-electron chi connectivity index (χ4n) is 1.96. The van der Waals surface area contributed by atoms with Crippen molar-refractivity contribution in [2.45, 2.75) is 36.1 Å². The first-order valence-electron chi connectivity index (χ1n) is 5.80. The van der Waals surface area contributed by atoms with Crippen LogP contribution in [0, 0.1) is 10.1 Å². The van der Waals surface area contributed by atoms with E-state index in [2.05, 4.69) is 15.9 Å². The molecule has 0 radical (unpaired) electrons. The van der Waals surface area contributed by atoms with Gasteiger partial charge in [0.05, 0.1) is 11.0 Å². The maximum atomic E-state index is 13.1. The summed E-state index contributed by atoms with van der Waals surface area (Å²) in [6, 6.07) is 5.71. The zero-order chi connectivity index (χ0) is 14.1. The van der Waals surface area contributed by atoms with Crippen molar-refractivity contribution >= 4 is 21.6 Å². The highest BCUT2D eigenvalue weighted by molar-refractivity contribution is 9.10. The minimum Gasteiger partial charge on any atom is -0.476 e. The van der Waals surface area contributed by atoms with E-state index in [-0.39, 0.29) is 31.4 Å². The molecule has 0 spiro atoms. The number of alkyl halides is 3. The Bertz CT molecular complexity index is 486. The van der Waals surface area contributed by atoms with Crippen LogP contribution in [0.15, 0.2) is 24.3 Å². The molecule has 0 heterocycles. The molecule has 1 aromatic carbocycles. The van der Waals surface area contributed by atoms with Crippen LogP contribution < -0.4 is 4.74 Å². The molecule has 7 heteroatoms. The molecule has 0 saturated heterocycles. The van der Waals surface area contributed by atoms with Crippen molar-refractivity contribution in [2.75, 3.05) is 0 Å².